The minimum atomic E-state index is -0.178. The van der Waals surface area contributed by atoms with E-state index in [4.69, 9.17) is 5.11 Å². The molecular formula is C14H25N5O2. The number of aryl methyl sites for hydroxylation is 1. The van der Waals surface area contributed by atoms with Crippen LogP contribution in [0, 0.1) is 0 Å². The molecule has 2 N–H and O–H groups in total. The van der Waals surface area contributed by atoms with Crippen molar-refractivity contribution >= 4 is 11.7 Å². The summed E-state index contributed by atoms with van der Waals surface area (Å²) < 4.78 is 1.79. The molecule has 2 heterocycles. The lowest BCUT2D eigenvalue weighted by molar-refractivity contribution is 0.154. The second kappa shape index (κ2) is 6.80. The predicted molar refractivity (Wildman–Crippen MR) is 81.3 cm³/mol. The number of amides is 2. The third kappa shape index (κ3) is 3.87. The number of aliphatic hydroxyl groups excluding tert-OH is 1. The third-order valence-corrected chi connectivity index (χ3v) is 4.05. The Hall–Kier alpha value is -1.76. The number of urea groups is 1. The first kappa shape index (κ1) is 15.6. The van der Waals surface area contributed by atoms with Gasteiger partial charge in [0.2, 0.25) is 0 Å². The predicted octanol–water partition coefficient (Wildman–Crippen LogP) is 0.411. The van der Waals surface area contributed by atoms with E-state index in [9.17, 15) is 4.79 Å². The molecule has 1 aliphatic heterocycles. The van der Waals surface area contributed by atoms with E-state index in [1.807, 2.05) is 26.4 Å². The molecule has 1 aromatic rings. The molecule has 1 fully saturated rings. The molecule has 2 unspecified atom stereocenters. The number of nitrogens with one attached hydrogen (secondary N) is 1. The Kier molecular flexibility index (Phi) is 5.06. The van der Waals surface area contributed by atoms with Crippen LogP contribution in [0.3, 0.4) is 0 Å². The first-order valence-electron chi connectivity index (χ1n) is 7.39. The van der Waals surface area contributed by atoms with E-state index in [1.165, 1.54) is 0 Å². The maximum absolute atomic E-state index is 12.1. The number of likely N-dealkylation sites (N-methyl/N-ethyl adjacent to an activating group) is 1. The number of carbonyl (C=O) groups excluding carboxylic acids is 1. The van der Waals surface area contributed by atoms with Crippen LogP contribution in [0.5, 0.6) is 0 Å². The molecule has 2 atom stereocenters. The van der Waals surface area contributed by atoms with Crippen molar-refractivity contribution in [1.29, 1.82) is 0 Å². The maximum atomic E-state index is 12.1. The summed E-state index contributed by atoms with van der Waals surface area (Å²) in [6, 6.07) is -0.183. The van der Waals surface area contributed by atoms with Gasteiger partial charge in [-0.1, -0.05) is 0 Å². The van der Waals surface area contributed by atoms with Crippen LogP contribution in [-0.4, -0.2) is 64.6 Å². The van der Waals surface area contributed by atoms with Crippen LogP contribution in [0.1, 0.15) is 19.8 Å². The SMILES string of the molecule is CC(CO)N(C)C(=O)NC1CCCN(c2cnn(C)c2)C1. The van der Waals surface area contributed by atoms with Crippen LogP contribution >= 0.6 is 0 Å². The molecule has 1 saturated heterocycles. The molecule has 1 aliphatic rings. The lowest BCUT2D eigenvalue weighted by atomic mass is 10.1. The monoisotopic (exact) mass is 295 g/mol. The normalized spacial score (nSPS) is 20.2. The molecule has 0 bridgehead atoms. The summed E-state index contributed by atoms with van der Waals surface area (Å²) in [4.78, 5) is 15.9. The number of aromatic nitrogens is 2. The van der Waals surface area contributed by atoms with E-state index in [1.54, 1.807) is 16.6 Å². The number of anilines is 1. The maximum Gasteiger partial charge on any atom is 0.317 e. The minimum Gasteiger partial charge on any atom is -0.394 e. The zero-order valence-electron chi connectivity index (χ0n) is 13.0. The Bertz CT molecular complexity index is 476. The molecule has 0 saturated carbocycles. The van der Waals surface area contributed by atoms with Crippen molar-refractivity contribution in [2.75, 3.05) is 31.6 Å². The number of aliphatic hydroxyl groups is 1. The summed E-state index contributed by atoms with van der Waals surface area (Å²) >= 11 is 0. The van der Waals surface area contributed by atoms with Crippen LogP contribution in [0.4, 0.5) is 10.5 Å². The van der Waals surface area contributed by atoms with Gasteiger partial charge in [0.25, 0.3) is 0 Å². The fourth-order valence-corrected chi connectivity index (χ4v) is 2.50. The molecule has 0 aliphatic carbocycles. The van der Waals surface area contributed by atoms with Gasteiger partial charge in [0.15, 0.2) is 0 Å². The number of piperidine rings is 1. The van der Waals surface area contributed by atoms with E-state index in [2.05, 4.69) is 15.3 Å². The lowest BCUT2D eigenvalue weighted by Crippen LogP contribution is -2.52. The first-order valence-corrected chi connectivity index (χ1v) is 7.39. The highest BCUT2D eigenvalue weighted by Gasteiger charge is 2.24. The van der Waals surface area contributed by atoms with Crippen molar-refractivity contribution in [1.82, 2.24) is 20.0 Å². The van der Waals surface area contributed by atoms with Gasteiger partial charge in [-0.25, -0.2) is 4.79 Å². The lowest BCUT2D eigenvalue weighted by Gasteiger charge is -2.35. The summed E-state index contributed by atoms with van der Waals surface area (Å²) in [5.41, 5.74) is 1.09. The number of hydrogen-bond acceptors (Lipinski definition) is 4. The summed E-state index contributed by atoms with van der Waals surface area (Å²) in [5.74, 6) is 0. The van der Waals surface area contributed by atoms with Gasteiger partial charge >= 0.3 is 6.03 Å². The first-order chi connectivity index (χ1) is 10.0. The Morgan fingerprint density at radius 3 is 3.05 bits per heavy atom. The molecular weight excluding hydrogens is 270 g/mol. The van der Waals surface area contributed by atoms with E-state index in [0.717, 1.165) is 31.6 Å². The molecule has 0 spiro atoms. The zero-order chi connectivity index (χ0) is 15.4. The fourth-order valence-electron chi connectivity index (χ4n) is 2.50. The molecule has 1 aromatic heterocycles. The third-order valence-electron chi connectivity index (χ3n) is 4.05. The number of rotatable bonds is 4. The smallest absolute Gasteiger partial charge is 0.317 e. The molecule has 21 heavy (non-hydrogen) atoms. The Balaban J connectivity index is 1.91. The van der Waals surface area contributed by atoms with E-state index >= 15 is 0 Å². The second-order valence-electron chi connectivity index (χ2n) is 5.75. The Morgan fingerprint density at radius 1 is 1.67 bits per heavy atom. The number of hydrogen-bond donors (Lipinski definition) is 2. The van der Waals surface area contributed by atoms with Gasteiger partial charge < -0.3 is 20.2 Å². The van der Waals surface area contributed by atoms with Gasteiger partial charge in [-0.05, 0) is 19.8 Å². The second-order valence-corrected chi connectivity index (χ2v) is 5.75. The standard InChI is InChI=1S/C14H25N5O2/c1-11(10-20)18(3)14(21)16-12-5-4-6-19(8-12)13-7-15-17(2)9-13/h7,9,11-12,20H,4-6,8,10H2,1-3H3,(H,16,21). The van der Waals surface area contributed by atoms with Gasteiger partial charge in [0.05, 0.1) is 24.5 Å². The van der Waals surface area contributed by atoms with Crippen molar-refractivity contribution in [3.8, 4) is 0 Å². The highest BCUT2D eigenvalue weighted by molar-refractivity contribution is 5.74. The molecule has 0 aromatic carbocycles. The van der Waals surface area contributed by atoms with Gasteiger partial charge in [-0.15, -0.1) is 0 Å². The van der Waals surface area contributed by atoms with Crippen molar-refractivity contribution in [3.05, 3.63) is 12.4 Å². The summed E-state index contributed by atoms with van der Waals surface area (Å²) in [5, 5.41) is 16.4. The summed E-state index contributed by atoms with van der Waals surface area (Å²) in [6.45, 7) is 3.57. The van der Waals surface area contributed by atoms with Gasteiger partial charge in [0, 0.05) is 39.4 Å². The van der Waals surface area contributed by atoms with Crippen molar-refractivity contribution < 1.29 is 9.90 Å². The van der Waals surface area contributed by atoms with Crippen LogP contribution in [0.2, 0.25) is 0 Å². The zero-order valence-corrected chi connectivity index (χ0v) is 13.0. The molecule has 2 rings (SSSR count). The Labute approximate surface area is 125 Å². The van der Waals surface area contributed by atoms with Crippen molar-refractivity contribution in [3.63, 3.8) is 0 Å². The topological polar surface area (TPSA) is 73.6 Å². The summed E-state index contributed by atoms with van der Waals surface area (Å²) in [7, 11) is 3.61. The fraction of sp³-hybridized carbons (Fsp3) is 0.714. The molecule has 2 amide bonds. The van der Waals surface area contributed by atoms with E-state index in [-0.39, 0.29) is 24.7 Å². The van der Waals surface area contributed by atoms with Crippen molar-refractivity contribution in [2.24, 2.45) is 7.05 Å². The van der Waals surface area contributed by atoms with E-state index < -0.39 is 0 Å². The number of carbonyl (C=O) groups is 1. The average Bonchev–Trinajstić information content (AvgIpc) is 2.92. The molecule has 7 heteroatoms. The van der Waals surface area contributed by atoms with Crippen LogP contribution in [-0.2, 0) is 7.05 Å². The Morgan fingerprint density at radius 2 is 2.43 bits per heavy atom. The number of nitrogens with zero attached hydrogens (tertiary/aromatic N) is 4. The van der Waals surface area contributed by atoms with Gasteiger partial charge in [-0.2, -0.15) is 5.10 Å². The molecule has 118 valence electrons. The average molecular weight is 295 g/mol. The van der Waals surface area contributed by atoms with Gasteiger partial charge in [0.1, 0.15) is 0 Å². The van der Waals surface area contributed by atoms with Gasteiger partial charge in [-0.3, -0.25) is 4.68 Å². The largest absolute Gasteiger partial charge is 0.394 e. The minimum absolute atomic E-state index is 0.0314. The van der Waals surface area contributed by atoms with Crippen LogP contribution in [0.25, 0.3) is 0 Å². The molecule has 7 nitrogen and oxygen atoms in total. The quantitative estimate of drug-likeness (QED) is 0.844. The van der Waals surface area contributed by atoms with E-state index in [0.29, 0.717) is 0 Å². The van der Waals surface area contributed by atoms with Crippen LogP contribution in [0.15, 0.2) is 12.4 Å². The van der Waals surface area contributed by atoms with Crippen molar-refractivity contribution in [2.45, 2.75) is 31.8 Å². The van der Waals surface area contributed by atoms with Crippen LogP contribution < -0.4 is 10.2 Å². The highest BCUT2D eigenvalue weighted by Crippen LogP contribution is 2.19. The summed E-state index contributed by atoms with van der Waals surface area (Å²) in [6.07, 6.45) is 5.86. The molecule has 0 radical (unpaired) electrons. The highest BCUT2D eigenvalue weighted by atomic mass is 16.3.